The summed E-state index contributed by atoms with van der Waals surface area (Å²) in [5, 5.41) is 3.37. The van der Waals surface area contributed by atoms with Crippen LogP contribution in [0.4, 0.5) is 5.69 Å². The monoisotopic (exact) mass is 232 g/mol. The van der Waals surface area contributed by atoms with Gasteiger partial charge in [-0.05, 0) is 37.6 Å². The van der Waals surface area contributed by atoms with Crippen molar-refractivity contribution in [2.75, 3.05) is 5.32 Å². The molecule has 2 rings (SSSR count). The van der Waals surface area contributed by atoms with E-state index in [0.717, 1.165) is 24.3 Å². The smallest absolute Gasteiger partial charge is 0.0529 e. The third kappa shape index (κ3) is 2.83. The van der Waals surface area contributed by atoms with E-state index in [1.807, 2.05) is 30.5 Å². The van der Waals surface area contributed by atoms with Crippen LogP contribution in [-0.2, 0) is 13.0 Å². The zero-order chi connectivity index (χ0) is 11.4. The van der Waals surface area contributed by atoms with Crippen LogP contribution in [0.25, 0.3) is 0 Å². The molecule has 0 radical (unpaired) electrons. The Morgan fingerprint density at radius 3 is 2.62 bits per heavy atom. The van der Waals surface area contributed by atoms with Crippen LogP contribution in [0.15, 0.2) is 30.5 Å². The summed E-state index contributed by atoms with van der Waals surface area (Å²) in [7, 11) is 0. The molecule has 0 spiro atoms. The molecule has 0 fully saturated rings. The van der Waals surface area contributed by atoms with Crippen molar-refractivity contribution in [1.82, 2.24) is 4.98 Å². The van der Waals surface area contributed by atoms with E-state index in [4.69, 9.17) is 0 Å². The highest BCUT2D eigenvalue weighted by Gasteiger charge is 1.98. The van der Waals surface area contributed by atoms with E-state index in [-0.39, 0.29) is 0 Å². The molecule has 0 aliphatic heterocycles. The van der Waals surface area contributed by atoms with Crippen LogP contribution in [0.3, 0.4) is 0 Å². The largest absolute Gasteiger partial charge is 0.379 e. The molecule has 2 aromatic heterocycles. The van der Waals surface area contributed by atoms with Gasteiger partial charge in [-0.3, -0.25) is 4.98 Å². The predicted octanol–water partition coefficient (Wildman–Crippen LogP) is 3.63. The molecule has 0 amide bonds. The molecule has 0 aromatic carbocycles. The van der Waals surface area contributed by atoms with Crippen molar-refractivity contribution >= 4 is 17.0 Å². The highest BCUT2D eigenvalue weighted by atomic mass is 32.1. The Morgan fingerprint density at radius 2 is 2.00 bits per heavy atom. The molecule has 1 N–H and O–H groups in total. The molecular formula is C13H16N2S. The second-order valence-corrected chi connectivity index (χ2v) is 5.02. The summed E-state index contributed by atoms with van der Waals surface area (Å²) in [6.45, 7) is 5.07. The summed E-state index contributed by atoms with van der Waals surface area (Å²) < 4.78 is 0. The van der Waals surface area contributed by atoms with E-state index in [1.54, 1.807) is 0 Å². The number of aryl methyl sites for hydroxylation is 2. The Balaban J connectivity index is 1.94. The quantitative estimate of drug-likeness (QED) is 0.870. The molecule has 16 heavy (non-hydrogen) atoms. The number of hydrogen-bond donors (Lipinski definition) is 1. The first-order valence-electron chi connectivity index (χ1n) is 5.52. The fourth-order valence-corrected chi connectivity index (χ4v) is 2.37. The number of hydrogen-bond acceptors (Lipinski definition) is 3. The minimum absolute atomic E-state index is 0.884. The Labute approximate surface area is 100 Å². The van der Waals surface area contributed by atoms with E-state index in [2.05, 4.69) is 35.4 Å². The summed E-state index contributed by atoms with van der Waals surface area (Å²) >= 11 is 1.87. The zero-order valence-corrected chi connectivity index (χ0v) is 10.5. The average molecular weight is 232 g/mol. The molecule has 0 unspecified atom stereocenters. The zero-order valence-electron chi connectivity index (χ0n) is 9.66. The van der Waals surface area contributed by atoms with Crippen LogP contribution in [0.2, 0.25) is 0 Å². The van der Waals surface area contributed by atoms with Crippen LogP contribution in [0.1, 0.15) is 22.4 Å². The van der Waals surface area contributed by atoms with Gasteiger partial charge in [0.25, 0.3) is 0 Å². The Kier molecular flexibility index (Phi) is 3.57. The van der Waals surface area contributed by atoms with Crippen molar-refractivity contribution in [1.29, 1.82) is 0 Å². The van der Waals surface area contributed by atoms with Gasteiger partial charge in [-0.1, -0.05) is 6.92 Å². The molecule has 0 aliphatic carbocycles. The van der Waals surface area contributed by atoms with Gasteiger partial charge in [-0.15, -0.1) is 11.3 Å². The molecule has 2 aromatic rings. The summed E-state index contributed by atoms with van der Waals surface area (Å²) in [4.78, 5) is 7.07. The van der Waals surface area contributed by atoms with Crippen molar-refractivity contribution in [3.8, 4) is 0 Å². The van der Waals surface area contributed by atoms with Gasteiger partial charge in [0.15, 0.2) is 0 Å². The molecule has 3 heteroatoms. The normalized spacial score (nSPS) is 10.4. The van der Waals surface area contributed by atoms with E-state index in [0.29, 0.717) is 0 Å². The van der Waals surface area contributed by atoms with Gasteiger partial charge in [0.2, 0.25) is 0 Å². The number of pyridine rings is 1. The highest BCUT2D eigenvalue weighted by Crippen LogP contribution is 2.18. The fraction of sp³-hybridized carbons (Fsp3) is 0.308. The molecule has 2 nitrogen and oxygen atoms in total. The van der Waals surface area contributed by atoms with Crippen molar-refractivity contribution < 1.29 is 0 Å². The van der Waals surface area contributed by atoms with Crippen molar-refractivity contribution in [2.24, 2.45) is 0 Å². The van der Waals surface area contributed by atoms with Gasteiger partial charge in [-0.25, -0.2) is 0 Å². The summed E-state index contributed by atoms with van der Waals surface area (Å²) in [6, 6.07) is 8.48. The first-order valence-corrected chi connectivity index (χ1v) is 6.33. The maximum atomic E-state index is 4.25. The van der Waals surface area contributed by atoms with Gasteiger partial charge >= 0.3 is 0 Å². The lowest BCUT2D eigenvalue weighted by molar-refractivity contribution is 1.15. The first-order chi connectivity index (χ1) is 7.78. The van der Waals surface area contributed by atoms with Crippen LogP contribution >= 0.6 is 11.3 Å². The summed E-state index contributed by atoms with van der Waals surface area (Å²) in [6.07, 6.45) is 3.00. The Bertz CT molecular complexity index is 445. The molecule has 0 bridgehead atoms. The van der Waals surface area contributed by atoms with Crippen LogP contribution in [0.5, 0.6) is 0 Å². The van der Waals surface area contributed by atoms with Gasteiger partial charge in [0.1, 0.15) is 0 Å². The lowest BCUT2D eigenvalue weighted by Crippen LogP contribution is -1.97. The Morgan fingerprint density at radius 1 is 1.19 bits per heavy atom. The van der Waals surface area contributed by atoms with Gasteiger partial charge in [0, 0.05) is 22.0 Å². The lowest BCUT2D eigenvalue weighted by atomic mass is 10.3. The summed E-state index contributed by atoms with van der Waals surface area (Å²) in [5.41, 5.74) is 2.13. The number of anilines is 1. The Hall–Kier alpha value is -1.35. The van der Waals surface area contributed by atoms with Crippen molar-refractivity contribution in [2.45, 2.75) is 26.8 Å². The number of aromatic nitrogens is 1. The second kappa shape index (κ2) is 5.12. The highest BCUT2D eigenvalue weighted by molar-refractivity contribution is 7.12. The SMILES string of the molecule is CCc1ccc(CNc2ccc(C)nc2)s1. The molecular weight excluding hydrogens is 216 g/mol. The molecule has 0 saturated heterocycles. The van der Waals surface area contributed by atoms with Gasteiger partial charge < -0.3 is 5.32 Å². The van der Waals surface area contributed by atoms with E-state index in [1.165, 1.54) is 9.75 Å². The predicted molar refractivity (Wildman–Crippen MR) is 70.0 cm³/mol. The third-order valence-electron chi connectivity index (χ3n) is 2.44. The van der Waals surface area contributed by atoms with Crippen molar-refractivity contribution in [3.63, 3.8) is 0 Å². The first kappa shape index (κ1) is 11.1. The van der Waals surface area contributed by atoms with Crippen LogP contribution in [0, 0.1) is 6.92 Å². The lowest BCUT2D eigenvalue weighted by Gasteiger charge is -2.04. The second-order valence-electron chi connectivity index (χ2n) is 3.76. The third-order valence-corrected chi connectivity index (χ3v) is 3.67. The number of nitrogens with one attached hydrogen (secondary N) is 1. The van der Waals surface area contributed by atoms with Gasteiger partial charge in [-0.2, -0.15) is 0 Å². The maximum absolute atomic E-state index is 4.25. The van der Waals surface area contributed by atoms with Crippen LogP contribution < -0.4 is 5.32 Å². The number of rotatable bonds is 4. The average Bonchev–Trinajstić information content (AvgIpc) is 2.76. The molecule has 84 valence electrons. The maximum Gasteiger partial charge on any atom is 0.0529 e. The molecule has 0 saturated carbocycles. The standard InChI is InChI=1S/C13H16N2S/c1-3-12-6-7-13(16-12)9-15-11-5-4-10(2)14-8-11/h4-8,15H,3,9H2,1-2H3. The number of thiophene rings is 1. The topological polar surface area (TPSA) is 24.9 Å². The summed E-state index contributed by atoms with van der Waals surface area (Å²) in [5.74, 6) is 0. The van der Waals surface area contributed by atoms with E-state index >= 15 is 0 Å². The molecule has 0 atom stereocenters. The van der Waals surface area contributed by atoms with Crippen LogP contribution in [-0.4, -0.2) is 4.98 Å². The number of nitrogens with zero attached hydrogens (tertiary/aromatic N) is 1. The van der Waals surface area contributed by atoms with Gasteiger partial charge in [0.05, 0.1) is 11.9 Å². The molecule has 2 heterocycles. The van der Waals surface area contributed by atoms with Crippen molar-refractivity contribution in [3.05, 3.63) is 45.9 Å². The van der Waals surface area contributed by atoms with E-state index < -0.39 is 0 Å². The molecule has 0 aliphatic rings. The minimum Gasteiger partial charge on any atom is -0.379 e. The fourth-order valence-electron chi connectivity index (χ4n) is 1.47. The minimum atomic E-state index is 0.884. The van der Waals surface area contributed by atoms with E-state index in [9.17, 15) is 0 Å².